The van der Waals surface area contributed by atoms with Gasteiger partial charge in [-0.05, 0) is 18.9 Å². The van der Waals surface area contributed by atoms with Gasteiger partial charge < -0.3 is 10.2 Å². The maximum absolute atomic E-state index is 13.7. The van der Waals surface area contributed by atoms with Crippen LogP contribution in [0.3, 0.4) is 0 Å². The Kier molecular flexibility index (Phi) is 5.95. The molecular weight excluding hydrogens is 257 g/mol. The van der Waals surface area contributed by atoms with E-state index >= 15 is 0 Å². The molecule has 0 bridgehead atoms. The average Bonchev–Trinajstić information content (AvgIpc) is 2.48. The standard InChI is InChI=1S/C16H24FNO2/c17-15-9-5-4-8-14(15)16(20)12-18(10-11-19)13-6-2-1-3-7-13/h4-5,8-9,13,16,19-20H,1-3,6-7,10-12H2. The van der Waals surface area contributed by atoms with Crippen LogP contribution < -0.4 is 0 Å². The summed E-state index contributed by atoms with van der Waals surface area (Å²) in [5.74, 6) is -0.368. The summed E-state index contributed by atoms with van der Waals surface area (Å²) < 4.78 is 13.7. The van der Waals surface area contributed by atoms with Crippen molar-refractivity contribution in [2.75, 3.05) is 19.7 Å². The van der Waals surface area contributed by atoms with Gasteiger partial charge in [-0.1, -0.05) is 37.5 Å². The number of rotatable bonds is 6. The molecule has 0 saturated heterocycles. The lowest BCUT2D eigenvalue weighted by Crippen LogP contribution is -2.41. The molecule has 1 unspecified atom stereocenters. The van der Waals surface area contributed by atoms with Crippen LogP contribution in [0.2, 0.25) is 0 Å². The van der Waals surface area contributed by atoms with Crippen LogP contribution in [0.25, 0.3) is 0 Å². The van der Waals surface area contributed by atoms with Crippen molar-refractivity contribution in [3.63, 3.8) is 0 Å². The van der Waals surface area contributed by atoms with E-state index in [1.807, 2.05) is 0 Å². The summed E-state index contributed by atoms with van der Waals surface area (Å²) in [6, 6.07) is 6.75. The first kappa shape index (κ1) is 15.4. The normalized spacial score (nSPS) is 18.4. The number of halogens is 1. The zero-order chi connectivity index (χ0) is 14.4. The van der Waals surface area contributed by atoms with E-state index < -0.39 is 6.10 Å². The molecule has 0 aliphatic heterocycles. The summed E-state index contributed by atoms with van der Waals surface area (Å²) in [6.07, 6.45) is 5.02. The van der Waals surface area contributed by atoms with E-state index in [0.29, 0.717) is 24.7 Å². The Morgan fingerprint density at radius 3 is 2.55 bits per heavy atom. The minimum absolute atomic E-state index is 0.0699. The highest BCUT2D eigenvalue weighted by Gasteiger charge is 2.24. The van der Waals surface area contributed by atoms with E-state index in [4.69, 9.17) is 0 Å². The molecular formula is C16H24FNO2. The van der Waals surface area contributed by atoms with Gasteiger partial charge in [0.25, 0.3) is 0 Å². The van der Waals surface area contributed by atoms with Crippen LogP contribution in [-0.2, 0) is 0 Å². The van der Waals surface area contributed by atoms with Crippen molar-refractivity contribution in [2.45, 2.75) is 44.2 Å². The fourth-order valence-corrected chi connectivity index (χ4v) is 3.06. The van der Waals surface area contributed by atoms with Gasteiger partial charge in [0.1, 0.15) is 5.82 Å². The van der Waals surface area contributed by atoms with Crippen LogP contribution >= 0.6 is 0 Å². The Labute approximate surface area is 120 Å². The van der Waals surface area contributed by atoms with Crippen molar-refractivity contribution in [1.82, 2.24) is 4.90 Å². The van der Waals surface area contributed by atoms with Crippen molar-refractivity contribution >= 4 is 0 Å². The molecule has 1 saturated carbocycles. The lowest BCUT2D eigenvalue weighted by atomic mass is 9.93. The van der Waals surface area contributed by atoms with Gasteiger partial charge in [-0.25, -0.2) is 4.39 Å². The number of aliphatic hydroxyl groups is 2. The minimum atomic E-state index is -0.843. The molecule has 112 valence electrons. The minimum Gasteiger partial charge on any atom is -0.395 e. The van der Waals surface area contributed by atoms with E-state index in [0.717, 1.165) is 12.8 Å². The van der Waals surface area contributed by atoms with Crippen LogP contribution in [0, 0.1) is 5.82 Å². The first-order valence-electron chi connectivity index (χ1n) is 7.49. The SMILES string of the molecule is OCCN(CC(O)c1ccccc1F)C1CCCCC1. The van der Waals surface area contributed by atoms with E-state index in [9.17, 15) is 14.6 Å². The van der Waals surface area contributed by atoms with Gasteiger partial charge in [-0.3, -0.25) is 4.90 Å². The third kappa shape index (κ3) is 4.01. The average molecular weight is 281 g/mol. The topological polar surface area (TPSA) is 43.7 Å². The maximum Gasteiger partial charge on any atom is 0.129 e. The van der Waals surface area contributed by atoms with Crippen molar-refractivity contribution in [1.29, 1.82) is 0 Å². The first-order chi connectivity index (χ1) is 9.72. The predicted molar refractivity (Wildman–Crippen MR) is 76.9 cm³/mol. The third-order valence-corrected chi connectivity index (χ3v) is 4.15. The molecule has 1 fully saturated rings. The molecule has 0 radical (unpaired) electrons. The van der Waals surface area contributed by atoms with E-state index in [1.165, 1.54) is 25.3 Å². The van der Waals surface area contributed by atoms with E-state index in [2.05, 4.69) is 4.90 Å². The molecule has 1 atom stereocenters. The summed E-state index contributed by atoms with van der Waals surface area (Å²) in [6.45, 7) is 0.989. The van der Waals surface area contributed by atoms with E-state index in [1.54, 1.807) is 18.2 Å². The number of hydrogen-bond acceptors (Lipinski definition) is 3. The lowest BCUT2D eigenvalue weighted by Gasteiger charge is -2.35. The molecule has 2 N–H and O–H groups in total. The Hall–Kier alpha value is -0.970. The van der Waals surface area contributed by atoms with Gasteiger partial charge in [0.05, 0.1) is 12.7 Å². The molecule has 0 aromatic heterocycles. The second-order valence-corrected chi connectivity index (χ2v) is 5.55. The Balaban J connectivity index is 2.01. The molecule has 0 amide bonds. The van der Waals surface area contributed by atoms with Crippen molar-refractivity contribution in [3.8, 4) is 0 Å². The van der Waals surface area contributed by atoms with Gasteiger partial charge in [0.2, 0.25) is 0 Å². The Bertz CT molecular complexity index is 407. The molecule has 20 heavy (non-hydrogen) atoms. The smallest absolute Gasteiger partial charge is 0.129 e. The molecule has 2 rings (SSSR count). The predicted octanol–water partition coefficient (Wildman–Crippen LogP) is 2.49. The molecule has 1 aromatic rings. The third-order valence-electron chi connectivity index (χ3n) is 4.15. The van der Waals surface area contributed by atoms with Crippen LogP contribution in [-0.4, -0.2) is 40.9 Å². The van der Waals surface area contributed by atoms with Gasteiger partial charge in [0.15, 0.2) is 0 Å². The van der Waals surface area contributed by atoms with Crippen LogP contribution in [0.5, 0.6) is 0 Å². The summed E-state index contributed by atoms with van der Waals surface area (Å²) in [4.78, 5) is 2.11. The highest BCUT2D eigenvalue weighted by molar-refractivity contribution is 5.20. The van der Waals surface area contributed by atoms with E-state index in [-0.39, 0.29) is 12.4 Å². The zero-order valence-corrected chi connectivity index (χ0v) is 11.8. The first-order valence-corrected chi connectivity index (χ1v) is 7.49. The summed E-state index contributed by atoms with van der Waals surface area (Å²) in [7, 11) is 0. The zero-order valence-electron chi connectivity index (χ0n) is 11.8. The molecule has 1 aliphatic carbocycles. The summed E-state index contributed by atoms with van der Waals surface area (Å²) in [5, 5.41) is 19.5. The highest BCUT2D eigenvalue weighted by Crippen LogP contribution is 2.25. The molecule has 0 heterocycles. The van der Waals surface area contributed by atoms with Crippen molar-refractivity contribution in [2.24, 2.45) is 0 Å². The Morgan fingerprint density at radius 1 is 1.20 bits per heavy atom. The van der Waals surface area contributed by atoms with Gasteiger partial charge >= 0.3 is 0 Å². The molecule has 1 aromatic carbocycles. The van der Waals surface area contributed by atoms with Crippen LogP contribution in [0.4, 0.5) is 4.39 Å². The number of aliphatic hydroxyl groups excluding tert-OH is 2. The van der Waals surface area contributed by atoms with Gasteiger partial charge in [-0.15, -0.1) is 0 Å². The van der Waals surface area contributed by atoms with Crippen molar-refractivity contribution < 1.29 is 14.6 Å². The highest BCUT2D eigenvalue weighted by atomic mass is 19.1. The number of nitrogens with zero attached hydrogens (tertiary/aromatic N) is 1. The van der Waals surface area contributed by atoms with Crippen molar-refractivity contribution in [3.05, 3.63) is 35.6 Å². The lowest BCUT2D eigenvalue weighted by molar-refractivity contribution is 0.0584. The van der Waals surface area contributed by atoms with Crippen LogP contribution in [0.15, 0.2) is 24.3 Å². The maximum atomic E-state index is 13.7. The number of benzene rings is 1. The van der Waals surface area contributed by atoms with Crippen LogP contribution in [0.1, 0.15) is 43.8 Å². The second kappa shape index (κ2) is 7.72. The molecule has 0 spiro atoms. The molecule has 1 aliphatic rings. The summed E-state index contributed by atoms with van der Waals surface area (Å²) >= 11 is 0. The largest absolute Gasteiger partial charge is 0.395 e. The fraction of sp³-hybridized carbons (Fsp3) is 0.625. The second-order valence-electron chi connectivity index (χ2n) is 5.55. The Morgan fingerprint density at radius 2 is 1.90 bits per heavy atom. The van der Waals surface area contributed by atoms with Gasteiger partial charge in [0, 0.05) is 24.7 Å². The number of hydrogen-bond donors (Lipinski definition) is 2. The fourth-order valence-electron chi connectivity index (χ4n) is 3.06. The van der Waals surface area contributed by atoms with Gasteiger partial charge in [-0.2, -0.15) is 0 Å². The molecule has 4 heteroatoms. The molecule has 3 nitrogen and oxygen atoms in total. The quantitative estimate of drug-likeness (QED) is 0.842. The summed E-state index contributed by atoms with van der Waals surface area (Å²) in [5.41, 5.74) is 0.339. The monoisotopic (exact) mass is 281 g/mol.